The molecule has 1 rings (SSSR count). The summed E-state index contributed by atoms with van der Waals surface area (Å²) in [5.41, 5.74) is 0. The lowest BCUT2D eigenvalue weighted by Crippen LogP contribution is -1.97. The summed E-state index contributed by atoms with van der Waals surface area (Å²) in [6.45, 7) is 0. The first-order chi connectivity index (χ1) is 5.93. The SMILES string of the molecule is ICC[C]1CCCCCCCC1. The van der Waals surface area contributed by atoms with E-state index in [0.717, 1.165) is 0 Å². The van der Waals surface area contributed by atoms with E-state index in [0.29, 0.717) is 0 Å². The predicted octanol–water partition coefficient (Wildman–Crippen LogP) is 4.52. The average molecular weight is 279 g/mol. The molecular formula is C11H20I. The van der Waals surface area contributed by atoms with Gasteiger partial charge in [-0.15, -0.1) is 0 Å². The van der Waals surface area contributed by atoms with Gasteiger partial charge < -0.3 is 0 Å². The number of hydrogen-bond donors (Lipinski definition) is 0. The van der Waals surface area contributed by atoms with Crippen LogP contribution in [0.1, 0.15) is 57.8 Å². The van der Waals surface area contributed by atoms with Gasteiger partial charge in [0.2, 0.25) is 0 Å². The molecule has 0 saturated heterocycles. The van der Waals surface area contributed by atoms with Crippen molar-refractivity contribution in [3.63, 3.8) is 0 Å². The molecule has 0 amide bonds. The Morgan fingerprint density at radius 1 is 0.833 bits per heavy atom. The Kier molecular flexibility index (Phi) is 6.45. The molecule has 0 aromatic carbocycles. The second-order valence-corrected chi connectivity index (χ2v) is 4.89. The molecule has 0 bridgehead atoms. The largest absolute Gasteiger partial charge is 0.0864 e. The Morgan fingerprint density at radius 3 is 1.83 bits per heavy atom. The summed E-state index contributed by atoms with van der Waals surface area (Å²) in [5, 5.41) is 0. The number of rotatable bonds is 2. The zero-order valence-electron chi connectivity index (χ0n) is 7.95. The van der Waals surface area contributed by atoms with Crippen LogP contribution in [0.5, 0.6) is 0 Å². The number of alkyl halides is 1. The van der Waals surface area contributed by atoms with E-state index in [-0.39, 0.29) is 0 Å². The van der Waals surface area contributed by atoms with Gasteiger partial charge in [-0.25, -0.2) is 0 Å². The fraction of sp³-hybridized carbons (Fsp3) is 0.909. The molecule has 1 aliphatic carbocycles. The predicted molar refractivity (Wildman–Crippen MR) is 63.7 cm³/mol. The standard InChI is InChI=1S/C11H20I/c12-10-9-11-7-5-3-1-2-4-6-8-11/h1-10H2. The number of halogens is 1. The summed E-state index contributed by atoms with van der Waals surface area (Å²) in [6.07, 6.45) is 13.1. The van der Waals surface area contributed by atoms with Crippen LogP contribution in [0.3, 0.4) is 0 Å². The van der Waals surface area contributed by atoms with Crippen molar-refractivity contribution in [2.45, 2.75) is 57.8 Å². The van der Waals surface area contributed by atoms with Crippen LogP contribution < -0.4 is 0 Å². The van der Waals surface area contributed by atoms with E-state index >= 15 is 0 Å². The fourth-order valence-corrected chi connectivity index (χ4v) is 2.73. The van der Waals surface area contributed by atoms with Crippen LogP contribution in [0.2, 0.25) is 0 Å². The minimum absolute atomic E-state index is 1.33. The van der Waals surface area contributed by atoms with Crippen molar-refractivity contribution in [1.82, 2.24) is 0 Å². The first kappa shape index (κ1) is 10.8. The van der Waals surface area contributed by atoms with Gasteiger partial charge in [-0.05, 0) is 25.2 Å². The quantitative estimate of drug-likeness (QED) is 0.515. The molecule has 0 nitrogen and oxygen atoms in total. The van der Waals surface area contributed by atoms with Gasteiger partial charge in [0.25, 0.3) is 0 Å². The summed E-state index contributed by atoms with van der Waals surface area (Å²) in [6, 6.07) is 0. The van der Waals surface area contributed by atoms with E-state index in [1.807, 2.05) is 5.92 Å². The fourth-order valence-electron chi connectivity index (χ4n) is 1.97. The van der Waals surface area contributed by atoms with Gasteiger partial charge in [-0.1, -0.05) is 61.1 Å². The first-order valence-corrected chi connectivity index (χ1v) is 6.85. The summed E-state index contributed by atoms with van der Waals surface area (Å²) >= 11 is 2.50. The number of hydrogen-bond acceptors (Lipinski definition) is 0. The van der Waals surface area contributed by atoms with Gasteiger partial charge in [-0.2, -0.15) is 0 Å². The molecule has 0 unspecified atom stereocenters. The monoisotopic (exact) mass is 279 g/mol. The lowest BCUT2D eigenvalue weighted by molar-refractivity contribution is 0.624. The molecule has 0 aromatic heterocycles. The maximum Gasteiger partial charge on any atom is 0.0000762 e. The van der Waals surface area contributed by atoms with Gasteiger partial charge in [0.15, 0.2) is 0 Å². The zero-order valence-corrected chi connectivity index (χ0v) is 10.1. The van der Waals surface area contributed by atoms with Crippen molar-refractivity contribution in [3.8, 4) is 0 Å². The highest BCUT2D eigenvalue weighted by atomic mass is 127. The van der Waals surface area contributed by atoms with Crippen LogP contribution in [0.15, 0.2) is 0 Å². The van der Waals surface area contributed by atoms with E-state index in [1.165, 1.54) is 62.2 Å². The summed E-state index contributed by atoms with van der Waals surface area (Å²) < 4.78 is 1.33. The van der Waals surface area contributed by atoms with Crippen molar-refractivity contribution in [2.24, 2.45) is 0 Å². The normalized spacial score (nSPS) is 22.8. The lowest BCUT2D eigenvalue weighted by atomic mass is 9.95. The Balaban J connectivity index is 2.19. The van der Waals surface area contributed by atoms with Crippen LogP contribution in [-0.2, 0) is 0 Å². The van der Waals surface area contributed by atoms with Crippen molar-refractivity contribution < 1.29 is 0 Å². The molecule has 0 aliphatic heterocycles. The van der Waals surface area contributed by atoms with Crippen molar-refractivity contribution in [3.05, 3.63) is 5.92 Å². The third-order valence-electron chi connectivity index (χ3n) is 2.76. The van der Waals surface area contributed by atoms with Crippen molar-refractivity contribution in [2.75, 3.05) is 4.43 Å². The highest BCUT2D eigenvalue weighted by Crippen LogP contribution is 2.26. The highest BCUT2D eigenvalue weighted by molar-refractivity contribution is 14.1. The summed E-state index contributed by atoms with van der Waals surface area (Å²) in [4.78, 5) is 0. The Bertz CT molecular complexity index is 91.2. The van der Waals surface area contributed by atoms with E-state index in [4.69, 9.17) is 0 Å². The molecule has 1 radical (unpaired) electrons. The molecule has 1 fully saturated rings. The maximum atomic E-state index is 2.50. The Hall–Kier alpha value is 0.730. The van der Waals surface area contributed by atoms with Crippen LogP contribution in [0.4, 0.5) is 0 Å². The summed E-state index contributed by atoms with van der Waals surface area (Å²) in [7, 11) is 0. The van der Waals surface area contributed by atoms with Crippen molar-refractivity contribution in [1.29, 1.82) is 0 Å². The molecule has 0 aromatic rings. The third-order valence-corrected chi connectivity index (χ3v) is 3.30. The van der Waals surface area contributed by atoms with Crippen LogP contribution in [0.25, 0.3) is 0 Å². The first-order valence-electron chi connectivity index (χ1n) is 5.33. The minimum Gasteiger partial charge on any atom is -0.0864 e. The second kappa shape index (κ2) is 7.16. The van der Waals surface area contributed by atoms with E-state index in [2.05, 4.69) is 22.6 Å². The maximum absolute atomic E-state index is 2.50. The van der Waals surface area contributed by atoms with Gasteiger partial charge in [0.05, 0.1) is 0 Å². The minimum atomic E-state index is 1.33. The average Bonchev–Trinajstić information content (AvgIpc) is 2.19. The van der Waals surface area contributed by atoms with Crippen LogP contribution in [-0.4, -0.2) is 4.43 Å². The molecule has 0 atom stereocenters. The topological polar surface area (TPSA) is 0 Å². The molecule has 0 N–H and O–H groups in total. The molecule has 0 spiro atoms. The van der Waals surface area contributed by atoms with Crippen molar-refractivity contribution >= 4 is 22.6 Å². The molecular weight excluding hydrogens is 259 g/mol. The molecule has 1 saturated carbocycles. The van der Waals surface area contributed by atoms with Crippen LogP contribution >= 0.6 is 22.6 Å². The molecule has 1 heteroatoms. The summed E-state index contributed by atoms with van der Waals surface area (Å²) in [5.74, 6) is 1.85. The smallest absolute Gasteiger partial charge is 0.0000762 e. The molecule has 71 valence electrons. The zero-order chi connectivity index (χ0) is 8.65. The second-order valence-electron chi connectivity index (χ2n) is 3.81. The van der Waals surface area contributed by atoms with E-state index in [1.54, 1.807) is 0 Å². The molecule has 12 heavy (non-hydrogen) atoms. The molecule has 0 heterocycles. The van der Waals surface area contributed by atoms with Gasteiger partial charge in [0.1, 0.15) is 0 Å². The highest BCUT2D eigenvalue weighted by Gasteiger charge is 2.09. The molecule has 1 aliphatic rings. The van der Waals surface area contributed by atoms with Gasteiger partial charge >= 0.3 is 0 Å². The lowest BCUT2D eigenvalue weighted by Gasteiger charge is -2.12. The van der Waals surface area contributed by atoms with Gasteiger partial charge in [-0.3, -0.25) is 0 Å². The third kappa shape index (κ3) is 4.68. The van der Waals surface area contributed by atoms with Crippen LogP contribution in [0, 0.1) is 5.92 Å². The van der Waals surface area contributed by atoms with Gasteiger partial charge in [0, 0.05) is 4.43 Å². The van der Waals surface area contributed by atoms with E-state index in [9.17, 15) is 0 Å². The Labute approximate surface area is 90.6 Å². The van der Waals surface area contributed by atoms with E-state index < -0.39 is 0 Å². The Morgan fingerprint density at radius 2 is 1.33 bits per heavy atom.